The second-order valence-electron chi connectivity index (χ2n) is 3.53. The molecule has 0 rings (SSSR count). The molecule has 0 heterocycles. The van der Waals surface area contributed by atoms with Gasteiger partial charge in [0.25, 0.3) is 0 Å². The quantitative estimate of drug-likeness (QED) is 0.144. The molecule has 16 nitrogen and oxygen atoms in total. The molecule has 0 aliphatic carbocycles. The molecule has 22 heavy (non-hydrogen) atoms. The molecule has 0 aliphatic heterocycles. The second kappa shape index (κ2) is 6.68. The average Bonchev–Trinajstić information content (AvgIpc) is 2.36. The molecule has 0 spiro atoms. The third kappa shape index (κ3) is 3.90. The number of hydrogen-bond acceptors (Lipinski definition) is 10. The fourth-order valence-electron chi connectivity index (χ4n) is 1.00. The molecule has 0 radical (unpaired) electrons. The van der Waals surface area contributed by atoms with Gasteiger partial charge in [0.1, 0.15) is 19.7 Å². The first-order valence-corrected chi connectivity index (χ1v) is 6.22. The summed E-state index contributed by atoms with van der Waals surface area (Å²) in [4.78, 5) is 47.2. The largest absolute Gasteiger partial charge is 0.533 e. The van der Waals surface area contributed by atoms with Gasteiger partial charge in [0.2, 0.25) is 13.1 Å². The summed E-state index contributed by atoms with van der Waals surface area (Å²) in [6.45, 7) is -3.23. The summed E-state index contributed by atoms with van der Waals surface area (Å²) < 4.78 is -6.55. The maximum Gasteiger partial charge on any atom is 0.533 e. The Hall–Kier alpha value is -2.24. The van der Waals surface area contributed by atoms with Gasteiger partial charge >= 0.3 is 9.14 Å². The summed E-state index contributed by atoms with van der Waals surface area (Å²) in [5.41, 5.74) is 0. The maximum absolute atomic E-state index is 10.7. The van der Waals surface area contributed by atoms with Gasteiger partial charge < -0.3 is 0 Å². The van der Waals surface area contributed by atoms with Crippen molar-refractivity contribution in [2.24, 2.45) is 0 Å². The second-order valence-corrected chi connectivity index (χ2v) is 6.07. The molecule has 0 amide bonds. The highest BCUT2D eigenvalue weighted by Crippen LogP contribution is 2.26. The zero-order valence-corrected chi connectivity index (χ0v) is 13.1. The summed E-state index contributed by atoms with van der Waals surface area (Å²) in [5.74, 6) is 0. The molecule has 0 aromatic carbocycles. The van der Waals surface area contributed by atoms with E-state index in [9.17, 15) is 50.6 Å². The van der Waals surface area contributed by atoms with Crippen molar-refractivity contribution in [2.45, 2.75) is 9.14 Å². The Morgan fingerprint density at radius 1 is 0.682 bits per heavy atom. The lowest BCUT2D eigenvalue weighted by Gasteiger charge is -2.18. The number of rotatable bonds is 9. The predicted octanol–water partition coefficient (Wildman–Crippen LogP) is -0.316. The van der Waals surface area contributed by atoms with Crippen LogP contribution in [0.3, 0.4) is 0 Å². The van der Waals surface area contributed by atoms with Gasteiger partial charge in [-0.2, -0.15) is 0 Å². The maximum atomic E-state index is 10.7. The highest BCUT2D eigenvalue weighted by atomic mass is 79.9. The van der Waals surface area contributed by atoms with Gasteiger partial charge in [0.15, 0.2) is 5.03 Å². The van der Waals surface area contributed by atoms with Gasteiger partial charge in [-0.25, -0.2) is 10.1 Å². The zero-order valence-electron chi connectivity index (χ0n) is 9.94. The van der Waals surface area contributed by atoms with Crippen molar-refractivity contribution in [2.75, 3.05) is 13.1 Å². The van der Waals surface area contributed by atoms with Crippen molar-refractivity contribution in [3.63, 3.8) is 0 Å². The fourth-order valence-corrected chi connectivity index (χ4v) is 1.58. The van der Waals surface area contributed by atoms with E-state index in [0.29, 0.717) is 0 Å². The topological polar surface area (TPSA) is 219 Å². The van der Waals surface area contributed by atoms with Gasteiger partial charge in [-0.15, -0.1) is 0 Å². The summed E-state index contributed by atoms with van der Waals surface area (Å²) in [6.07, 6.45) is 0. The fraction of sp³-hybridized carbons (Fsp3) is 1.00. The van der Waals surface area contributed by atoms with Gasteiger partial charge in [0.05, 0.1) is 31.9 Å². The van der Waals surface area contributed by atoms with Gasteiger partial charge in [-0.05, 0) is 0 Å². The molecule has 0 aliphatic rings. The smallest absolute Gasteiger partial charge is 0.257 e. The molecule has 124 valence electrons. The molecule has 0 unspecified atom stereocenters. The first kappa shape index (κ1) is 19.8. The Balaban J connectivity index is 5.65. The monoisotopic (exact) mass is 454 g/mol. The third-order valence-corrected chi connectivity index (χ3v) is 3.78. The van der Waals surface area contributed by atoms with Crippen molar-refractivity contribution in [1.29, 1.82) is 0 Å². The number of alkyl halides is 2. The molecule has 0 saturated carbocycles. The van der Waals surface area contributed by atoms with E-state index in [2.05, 4.69) is 31.9 Å². The van der Waals surface area contributed by atoms with Crippen LogP contribution in [0.4, 0.5) is 0 Å². The minimum Gasteiger partial charge on any atom is -0.257 e. The molecule has 18 heteroatoms. The van der Waals surface area contributed by atoms with Crippen LogP contribution in [0.1, 0.15) is 0 Å². The van der Waals surface area contributed by atoms with Crippen LogP contribution in [0.2, 0.25) is 0 Å². The van der Waals surface area contributed by atoms with E-state index in [0.717, 1.165) is 0 Å². The SMILES string of the molecule is O=[N+]([O-])N(CC(Br)([N+](=O)[O-])[N+](=O)[O-])CC(Br)([N+](=O)[O-])[N+](=O)[O-]. The summed E-state index contributed by atoms with van der Waals surface area (Å²) in [7, 11) is 0. The number of hydrogen-bond donors (Lipinski definition) is 0. The molecule has 0 fully saturated rings. The van der Waals surface area contributed by atoms with Crippen LogP contribution in [-0.2, 0) is 0 Å². The van der Waals surface area contributed by atoms with E-state index < -0.39 is 47.0 Å². The first-order chi connectivity index (χ1) is 9.79. The minimum atomic E-state index is -3.28. The van der Waals surface area contributed by atoms with Crippen molar-refractivity contribution in [3.8, 4) is 0 Å². The van der Waals surface area contributed by atoms with Crippen molar-refractivity contribution >= 4 is 31.9 Å². The lowest BCUT2D eigenvalue weighted by atomic mass is 10.4. The van der Waals surface area contributed by atoms with Gasteiger partial charge in [-0.1, -0.05) is 5.01 Å². The first-order valence-electron chi connectivity index (χ1n) is 4.64. The predicted molar refractivity (Wildman–Crippen MR) is 69.9 cm³/mol. The summed E-state index contributed by atoms with van der Waals surface area (Å²) in [6, 6.07) is 0. The zero-order chi connectivity index (χ0) is 17.9. The highest BCUT2D eigenvalue weighted by Gasteiger charge is 2.63. The van der Waals surface area contributed by atoms with E-state index in [-0.39, 0.29) is 5.01 Å². The molecular formula is C4H4Br2N6O10. The van der Waals surface area contributed by atoms with E-state index in [1.54, 1.807) is 0 Å². The Kier molecular flexibility index (Phi) is 6.00. The van der Waals surface area contributed by atoms with Gasteiger partial charge in [-0.3, -0.25) is 40.5 Å². The van der Waals surface area contributed by atoms with E-state index in [1.165, 1.54) is 0 Å². The van der Waals surface area contributed by atoms with Crippen LogP contribution >= 0.6 is 31.9 Å². The molecular weight excluding hydrogens is 452 g/mol. The standard InChI is InChI=1S/C4H4Br2N6O10/c5-3(8(13)14,9(15)16)1-7(12(21)22)2-4(6,10(17)18)11(19)20/h1-2H2. The molecule has 0 atom stereocenters. The van der Waals surface area contributed by atoms with Crippen LogP contribution in [-0.4, -0.2) is 52.0 Å². The van der Waals surface area contributed by atoms with E-state index in [4.69, 9.17) is 0 Å². The summed E-state index contributed by atoms with van der Waals surface area (Å²) in [5, 5.41) is 51.5. The minimum absolute atomic E-state index is 0.388. The Bertz CT molecular complexity index is 470. The van der Waals surface area contributed by atoms with Crippen LogP contribution in [0, 0.1) is 50.6 Å². The number of halogens is 2. The van der Waals surface area contributed by atoms with Gasteiger partial charge in [0, 0.05) is 0 Å². The lowest BCUT2D eigenvalue weighted by molar-refractivity contribution is -0.792. The number of nitrogens with zero attached hydrogens (tertiary/aromatic N) is 6. The Morgan fingerprint density at radius 3 is 1.05 bits per heavy atom. The van der Waals surface area contributed by atoms with Crippen LogP contribution in [0.25, 0.3) is 0 Å². The van der Waals surface area contributed by atoms with Crippen LogP contribution < -0.4 is 0 Å². The normalized spacial score (nSPS) is 11.5. The van der Waals surface area contributed by atoms with E-state index in [1.807, 2.05) is 0 Å². The Morgan fingerprint density at radius 2 is 0.909 bits per heavy atom. The molecule has 0 N–H and O–H groups in total. The summed E-state index contributed by atoms with van der Waals surface area (Å²) >= 11 is 4.13. The molecule has 0 aromatic heterocycles. The Labute approximate surface area is 135 Å². The van der Waals surface area contributed by atoms with Crippen molar-refractivity contribution < 1.29 is 24.7 Å². The van der Waals surface area contributed by atoms with Crippen molar-refractivity contribution in [1.82, 2.24) is 5.01 Å². The van der Waals surface area contributed by atoms with Crippen molar-refractivity contribution in [3.05, 3.63) is 50.6 Å². The third-order valence-electron chi connectivity index (χ3n) is 2.12. The molecule has 0 aromatic rings. The number of hydrazine groups is 1. The van der Waals surface area contributed by atoms with Crippen LogP contribution in [0.15, 0.2) is 0 Å². The van der Waals surface area contributed by atoms with Crippen LogP contribution in [0.5, 0.6) is 0 Å². The molecule has 0 bridgehead atoms. The highest BCUT2D eigenvalue weighted by molar-refractivity contribution is 9.10. The molecule has 0 saturated heterocycles. The average molecular weight is 456 g/mol. The van der Waals surface area contributed by atoms with E-state index >= 15 is 0 Å². The lowest BCUT2D eigenvalue weighted by Crippen LogP contribution is -2.57. The number of nitro groups is 5.